The van der Waals surface area contributed by atoms with E-state index < -0.39 is 23.0 Å². The van der Waals surface area contributed by atoms with Crippen LogP contribution in [0.2, 0.25) is 0 Å². The number of carboxylic acid groups (broad SMARTS) is 1. The topological polar surface area (TPSA) is 120 Å². The first-order chi connectivity index (χ1) is 22.1. The van der Waals surface area contributed by atoms with E-state index in [2.05, 4.69) is 5.10 Å². The molecule has 0 saturated carbocycles. The van der Waals surface area contributed by atoms with Gasteiger partial charge in [0, 0.05) is 50.3 Å². The van der Waals surface area contributed by atoms with Crippen molar-refractivity contribution in [3.8, 4) is 39.5 Å². The fourth-order valence-corrected chi connectivity index (χ4v) is 6.21. The summed E-state index contributed by atoms with van der Waals surface area (Å²) in [6, 6.07) is 12.4. The predicted octanol–water partition coefficient (Wildman–Crippen LogP) is 3.15. The van der Waals surface area contributed by atoms with Crippen LogP contribution in [-0.4, -0.2) is 69.4 Å². The minimum absolute atomic E-state index is 0. The fourth-order valence-electron chi connectivity index (χ4n) is 6.21. The molecule has 47 heavy (non-hydrogen) atoms. The van der Waals surface area contributed by atoms with Gasteiger partial charge in [-0.3, -0.25) is 14.3 Å². The number of halogens is 1. The van der Waals surface area contributed by atoms with Crippen LogP contribution in [0.25, 0.3) is 22.3 Å². The molecule has 0 bridgehead atoms. The molecule has 3 heterocycles. The number of ketones is 1. The van der Waals surface area contributed by atoms with E-state index in [0.29, 0.717) is 78.6 Å². The first-order valence-electron chi connectivity index (χ1n) is 15.2. The van der Waals surface area contributed by atoms with Crippen molar-refractivity contribution in [2.24, 2.45) is 7.05 Å². The van der Waals surface area contributed by atoms with E-state index in [1.54, 1.807) is 46.1 Å². The van der Waals surface area contributed by atoms with Crippen LogP contribution in [-0.2, 0) is 7.05 Å². The van der Waals surface area contributed by atoms with Gasteiger partial charge in [0.2, 0.25) is 0 Å². The molecule has 240 valence electrons. The number of fused-ring (bicyclic) bond motifs is 1. The molecule has 1 spiro atoms. The largest absolute Gasteiger partial charge is 1.00 e. The van der Waals surface area contributed by atoms with E-state index in [-0.39, 0.29) is 49.1 Å². The number of carbonyl (C=O) groups is 3. The second kappa shape index (κ2) is 13.9. The molecule has 0 aliphatic carbocycles. The third kappa shape index (κ3) is 6.79. The molecule has 10 nitrogen and oxygen atoms in total. The number of aromatic nitrogens is 2. The number of amides is 1. The van der Waals surface area contributed by atoms with Crippen molar-refractivity contribution in [1.29, 1.82) is 0 Å². The number of carboxylic acids is 1. The number of hydrogen-bond acceptors (Lipinski definition) is 7. The molecule has 1 N–H and O–H groups in total. The number of Topliss-reactive ketones (excluding diaryl/α,β-unsaturated/α-hetero) is 1. The average Bonchev–Trinajstić information content (AvgIpc) is 3.46. The molecule has 2 aliphatic rings. The quantitative estimate of drug-likeness (QED) is 0.289. The van der Waals surface area contributed by atoms with Crippen molar-refractivity contribution in [3.05, 3.63) is 83.4 Å². The van der Waals surface area contributed by atoms with Gasteiger partial charge in [0.25, 0.3) is 5.91 Å². The molecule has 4 aromatic rings. The van der Waals surface area contributed by atoms with Gasteiger partial charge < -0.3 is 25.6 Å². The number of aromatic carboxylic acids is 1. The molecule has 2 aliphatic heterocycles. The molecule has 0 unspecified atom stereocenters. The SMILES string of the molecule is CCOc1cc(C(=O)N2CCC3(CC2)CC(=O)c2cc(-c4ccc(F)c(C(=O)O)c4)ccc2O3)cc(OCC)c1-c1cnn(C)c1.[H-].[Na+]. The Morgan fingerprint density at radius 1 is 1.00 bits per heavy atom. The maximum Gasteiger partial charge on any atom is 1.00 e. The van der Waals surface area contributed by atoms with Gasteiger partial charge in [0.1, 0.15) is 28.7 Å². The van der Waals surface area contributed by atoms with Crippen molar-refractivity contribution in [2.75, 3.05) is 26.3 Å². The van der Waals surface area contributed by atoms with E-state index in [1.165, 1.54) is 12.1 Å². The maximum atomic E-state index is 13.9. The molecule has 6 rings (SSSR count). The van der Waals surface area contributed by atoms with Gasteiger partial charge in [-0.15, -0.1) is 0 Å². The third-order valence-corrected chi connectivity index (χ3v) is 8.49. The summed E-state index contributed by atoms with van der Waals surface area (Å²) in [5, 5.41) is 13.6. The van der Waals surface area contributed by atoms with Crippen LogP contribution in [0.4, 0.5) is 4.39 Å². The van der Waals surface area contributed by atoms with Gasteiger partial charge in [0.15, 0.2) is 5.78 Å². The van der Waals surface area contributed by atoms with Crippen molar-refractivity contribution >= 4 is 17.7 Å². The summed E-state index contributed by atoms with van der Waals surface area (Å²) in [6.45, 7) is 5.37. The smallest absolute Gasteiger partial charge is 1.00 e. The van der Waals surface area contributed by atoms with Crippen LogP contribution in [0.5, 0.6) is 17.2 Å². The van der Waals surface area contributed by atoms with Crippen LogP contribution >= 0.6 is 0 Å². The normalized spacial score (nSPS) is 15.0. The molecule has 0 radical (unpaired) electrons. The van der Waals surface area contributed by atoms with Crippen LogP contribution < -0.4 is 43.8 Å². The number of aryl methyl sites for hydroxylation is 1. The van der Waals surface area contributed by atoms with E-state index in [1.807, 2.05) is 27.1 Å². The number of piperidine rings is 1. The number of carbonyl (C=O) groups excluding carboxylic acids is 2. The van der Waals surface area contributed by atoms with Gasteiger partial charge in [0.05, 0.1) is 42.5 Å². The van der Waals surface area contributed by atoms with Gasteiger partial charge in [-0.2, -0.15) is 5.10 Å². The number of ether oxygens (including phenoxy) is 3. The molecule has 3 aromatic carbocycles. The standard InChI is InChI=1S/C35H34FN3O7.Na.H/c1-4-44-30-16-23(17-31(45-5-2)32(30)24-19-37-38(3)20-24)33(41)39-12-10-35(11-13-39)18-28(40)26-15-22(7-9-29(26)46-35)21-6-8-27(36)25(14-21)34(42)43;;/h6-9,14-17,19-20H,4-5,10-13,18H2,1-3H3,(H,42,43);;/q;+1;-1. The van der Waals surface area contributed by atoms with Crippen molar-refractivity contribution in [3.63, 3.8) is 0 Å². The zero-order chi connectivity index (χ0) is 32.6. The Labute approximate surface area is 295 Å². The maximum absolute atomic E-state index is 13.9. The Morgan fingerprint density at radius 3 is 2.23 bits per heavy atom. The van der Waals surface area contributed by atoms with Crippen molar-refractivity contribution < 1.29 is 69.1 Å². The molecule has 1 fully saturated rings. The average molecular weight is 652 g/mol. The molecule has 1 amide bonds. The van der Waals surface area contributed by atoms with Crippen LogP contribution in [0.3, 0.4) is 0 Å². The molecular formula is C35H35FN3NaO7. The Kier molecular flexibility index (Phi) is 10.1. The van der Waals surface area contributed by atoms with Gasteiger partial charge in [-0.25, -0.2) is 9.18 Å². The number of likely N-dealkylation sites (tertiary alicyclic amines) is 1. The van der Waals surface area contributed by atoms with Crippen LogP contribution in [0.15, 0.2) is 60.9 Å². The fraction of sp³-hybridized carbons (Fsp3) is 0.314. The van der Waals surface area contributed by atoms with Crippen molar-refractivity contribution in [2.45, 2.75) is 38.7 Å². The number of hydrogen-bond donors (Lipinski definition) is 1. The zero-order valence-electron chi connectivity index (χ0n) is 27.8. The first-order valence-corrected chi connectivity index (χ1v) is 15.2. The van der Waals surface area contributed by atoms with Gasteiger partial charge in [-0.05, 0) is 61.4 Å². The van der Waals surface area contributed by atoms with E-state index in [0.717, 1.165) is 17.2 Å². The molecule has 12 heteroatoms. The summed E-state index contributed by atoms with van der Waals surface area (Å²) in [7, 11) is 1.83. The summed E-state index contributed by atoms with van der Waals surface area (Å²) < 4.78 is 34.0. The summed E-state index contributed by atoms with van der Waals surface area (Å²) in [5.74, 6) is -0.945. The predicted molar refractivity (Wildman–Crippen MR) is 168 cm³/mol. The first kappa shape index (κ1) is 34.2. The third-order valence-electron chi connectivity index (χ3n) is 8.49. The minimum Gasteiger partial charge on any atom is -1.00 e. The molecule has 0 atom stereocenters. The summed E-state index contributed by atoms with van der Waals surface area (Å²) in [6.07, 6.45) is 4.69. The summed E-state index contributed by atoms with van der Waals surface area (Å²) in [5.41, 5.74) is 2.28. The van der Waals surface area contributed by atoms with E-state index in [4.69, 9.17) is 14.2 Å². The summed E-state index contributed by atoms with van der Waals surface area (Å²) >= 11 is 0. The number of nitrogens with zero attached hydrogens (tertiary/aromatic N) is 3. The second-order valence-electron chi connectivity index (χ2n) is 11.5. The number of benzene rings is 3. The molecular weight excluding hydrogens is 616 g/mol. The van der Waals surface area contributed by atoms with Gasteiger partial charge in [-0.1, -0.05) is 12.1 Å². The second-order valence-corrected chi connectivity index (χ2v) is 11.5. The van der Waals surface area contributed by atoms with Crippen LogP contribution in [0.1, 0.15) is 65.6 Å². The Morgan fingerprint density at radius 2 is 1.64 bits per heavy atom. The zero-order valence-corrected chi connectivity index (χ0v) is 28.8. The van der Waals surface area contributed by atoms with Crippen LogP contribution in [0, 0.1) is 5.82 Å². The minimum atomic E-state index is -1.37. The number of rotatable bonds is 8. The molecule has 1 saturated heterocycles. The van der Waals surface area contributed by atoms with E-state index >= 15 is 0 Å². The monoisotopic (exact) mass is 651 g/mol. The Bertz CT molecular complexity index is 1830. The van der Waals surface area contributed by atoms with Crippen molar-refractivity contribution in [1.82, 2.24) is 14.7 Å². The van der Waals surface area contributed by atoms with E-state index in [9.17, 15) is 23.9 Å². The molecule has 1 aromatic heterocycles. The summed E-state index contributed by atoms with van der Waals surface area (Å²) in [4.78, 5) is 40.4. The van der Waals surface area contributed by atoms with Gasteiger partial charge >= 0.3 is 35.5 Å². The Hall–Kier alpha value is -4.19. The Balaban J connectivity index is 0.00000260.